The topological polar surface area (TPSA) is 45.9 Å². The Hall–Kier alpha value is -11.1. The molecule has 3 aromatic heterocycles. The maximum Gasteiger partial charge on any atom is 0.159 e. The lowest BCUT2D eigenvalue weighted by molar-refractivity contribution is 0.668. The number of anilines is 6. The van der Waals surface area contributed by atoms with Crippen molar-refractivity contribution in [1.82, 2.24) is 0 Å². The van der Waals surface area contributed by atoms with E-state index in [4.69, 9.17) is 13.3 Å². The normalized spacial score (nSPS) is 12.9. The molecule has 2 aliphatic rings. The number of fused-ring (bicyclic) bond motifs is 20. The van der Waals surface area contributed by atoms with Crippen molar-refractivity contribution >= 4 is 99.9 Å². The number of benzene rings is 13. The molecule has 2 aliphatic carbocycles. The molecule has 0 aliphatic heterocycles. The number of hydrogen-bond donors (Lipinski definition) is 0. The molecular weight excluding hydrogens is 1020 g/mol. The molecule has 0 N–H and O–H groups in total. The minimum absolute atomic E-state index is 0.680. The lowest BCUT2D eigenvalue weighted by Gasteiger charge is -2.32. The lowest BCUT2D eigenvalue weighted by Crippen LogP contribution is -2.26. The third-order valence-electron chi connectivity index (χ3n) is 17.8. The average Bonchev–Trinajstić information content (AvgIpc) is 1.67. The van der Waals surface area contributed by atoms with Crippen molar-refractivity contribution in [3.8, 4) is 44.5 Å². The summed E-state index contributed by atoms with van der Waals surface area (Å²) in [5, 5.41) is 6.18. The smallest absolute Gasteiger partial charge is 0.159 e. The highest BCUT2D eigenvalue weighted by Crippen LogP contribution is 2.66. The van der Waals surface area contributed by atoms with Crippen molar-refractivity contribution in [3.63, 3.8) is 0 Å². The van der Waals surface area contributed by atoms with E-state index in [1.165, 1.54) is 33.4 Å². The standard InChI is InChI=1S/C79H48N2O3/c1-3-21-49(22-4-1)51-25-17-27-53(45-51)80(68-39-19-34-60-58-31-10-15-41-71(58)82-76(60)68)55-43-44-73-63(47-55)75-70(48-67-74(78(75)84-73)62-33-9-14-38-66(62)79(67)64-36-12-7-29-56(64)57-30-8-13-37-65(57)79)81(54-28-18-26-52(46-54)50-23-5-2-6-24-50)69-40-20-35-61-59-32-11-16-42-72(59)83-77(61)69/h1-48H. The lowest BCUT2D eigenvalue weighted by atomic mass is 9.70. The predicted octanol–water partition coefficient (Wildman–Crippen LogP) is 22.0. The largest absolute Gasteiger partial charge is 0.455 e. The minimum atomic E-state index is -0.680. The van der Waals surface area contributed by atoms with Crippen LogP contribution in [0.5, 0.6) is 0 Å². The van der Waals surface area contributed by atoms with Crippen molar-refractivity contribution in [1.29, 1.82) is 0 Å². The monoisotopic (exact) mass is 1070 g/mol. The van der Waals surface area contributed by atoms with Crippen molar-refractivity contribution in [3.05, 3.63) is 313 Å². The molecule has 0 amide bonds. The first-order chi connectivity index (χ1) is 41.7. The summed E-state index contributed by atoms with van der Waals surface area (Å²) in [7, 11) is 0. The van der Waals surface area contributed by atoms with Gasteiger partial charge in [0.15, 0.2) is 11.2 Å². The highest BCUT2D eigenvalue weighted by molar-refractivity contribution is 6.22. The third kappa shape index (κ3) is 6.60. The van der Waals surface area contributed by atoms with Gasteiger partial charge < -0.3 is 23.1 Å². The van der Waals surface area contributed by atoms with Crippen LogP contribution >= 0.6 is 0 Å². The van der Waals surface area contributed by atoms with E-state index in [1.54, 1.807) is 0 Å². The highest BCUT2D eigenvalue weighted by Gasteiger charge is 2.53. The Balaban J connectivity index is 0.987. The van der Waals surface area contributed by atoms with Crippen LogP contribution in [0.15, 0.2) is 304 Å². The molecule has 18 rings (SSSR count). The van der Waals surface area contributed by atoms with Crippen LogP contribution in [0.4, 0.5) is 34.1 Å². The zero-order valence-electron chi connectivity index (χ0n) is 45.3. The summed E-state index contributed by atoms with van der Waals surface area (Å²) in [6, 6.07) is 105. The summed E-state index contributed by atoms with van der Waals surface area (Å²) in [6.07, 6.45) is 0. The molecule has 392 valence electrons. The van der Waals surface area contributed by atoms with Gasteiger partial charge in [-0.2, -0.15) is 0 Å². The molecule has 5 heteroatoms. The molecule has 0 bridgehead atoms. The predicted molar refractivity (Wildman–Crippen MR) is 345 cm³/mol. The van der Waals surface area contributed by atoms with E-state index in [1.807, 2.05) is 6.07 Å². The molecule has 0 unspecified atom stereocenters. The van der Waals surface area contributed by atoms with Gasteiger partial charge in [0.1, 0.15) is 22.3 Å². The van der Waals surface area contributed by atoms with Crippen molar-refractivity contribution in [2.45, 2.75) is 5.41 Å². The van der Waals surface area contributed by atoms with Gasteiger partial charge in [-0.15, -0.1) is 0 Å². The van der Waals surface area contributed by atoms with Crippen LogP contribution in [0.25, 0.3) is 110 Å². The van der Waals surface area contributed by atoms with Gasteiger partial charge in [0.25, 0.3) is 0 Å². The van der Waals surface area contributed by atoms with Crippen LogP contribution in [-0.2, 0) is 5.41 Å². The Bertz CT molecular complexity index is 5310. The Morgan fingerprint density at radius 3 is 1.27 bits per heavy atom. The molecule has 0 saturated heterocycles. The SMILES string of the molecule is c1ccc(-c2cccc(N(c3ccc4oc5c6c(cc(N(c7cccc(-c8ccccc8)c7)c7cccc8c7oc7ccccc78)c5c4c3)C3(c4ccccc4-c4ccccc43)c3ccccc3-6)c3cccc4c3oc3ccccc34)c2)cc1. The first-order valence-electron chi connectivity index (χ1n) is 28.7. The third-order valence-corrected chi connectivity index (χ3v) is 17.8. The van der Waals surface area contributed by atoms with Crippen LogP contribution in [0.3, 0.4) is 0 Å². The van der Waals surface area contributed by atoms with Gasteiger partial charge in [-0.3, -0.25) is 0 Å². The van der Waals surface area contributed by atoms with E-state index >= 15 is 0 Å². The number of furan rings is 3. The molecule has 0 radical (unpaired) electrons. The van der Waals surface area contributed by atoms with Crippen LogP contribution in [0, 0.1) is 0 Å². The summed E-state index contributed by atoms with van der Waals surface area (Å²) in [6.45, 7) is 0. The van der Waals surface area contributed by atoms with Gasteiger partial charge in [0, 0.05) is 49.6 Å². The molecule has 0 saturated carbocycles. The zero-order valence-corrected chi connectivity index (χ0v) is 45.3. The Kier molecular flexibility index (Phi) is 9.95. The van der Waals surface area contributed by atoms with Gasteiger partial charge in [-0.25, -0.2) is 0 Å². The molecule has 0 atom stereocenters. The van der Waals surface area contributed by atoms with E-state index in [0.29, 0.717) is 0 Å². The van der Waals surface area contributed by atoms with E-state index in [-0.39, 0.29) is 0 Å². The number of nitrogens with zero attached hydrogens (tertiary/aromatic N) is 2. The molecule has 0 fully saturated rings. The van der Waals surface area contributed by atoms with E-state index in [9.17, 15) is 0 Å². The second-order valence-corrected chi connectivity index (χ2v) is 22.2. The fraction of sp³-hybridized carbons (Fsp3) is 0.0127. The number of rotatable bonds is 8. The summed E-state index contributed by atoms with van der Waals surface area (Å²) >= 11 is 0. The van der Waals surface area contributed by atoms with Crippen molar-refractivity contribution in [2.75, 3.05) is 9.80 Å². The van der Waals surface area contributed by atoms with Gasteiger partial charge >= 0.3 is 0 Å². The molecule has 5 nitrogen and oxygen atoms in total. The first-order valence-corrected chi connectivity index (χ1v) is 28.7. The van der Waals surface area contributed by atoms with Gasteiger partial charge in [-0.1, -0.05) is 218 Å². The van der Waals surface area contributed by atoms with E-state index in [2.05, 4.69) is 295 Å². The van der Waals surface area contributed by atoms with E-state index < -0.39 is 5.41 Å². The van der Waals surface area contributed by atoms with Crippen LogP contribution in [0.2, 0.25) is 0 Å². The Labute approximate surface area is 483 Å². The van der Waals surface area contributed by atoms with Crippen LogP contribution in [-0.4, -0.2) is 0 Å². The maximum atomic E-state index is 7.67. The summed E-state index contributed by atoms with van der Waals surface area (Å²) in [5.74, 6) is 0. The number of hydrogen-bond acceptors (Lipinski definition) is 5. The molecule has 13 aromatic carbocycles. The Morgan fingerprint density at radius 1 is 0.250 bits per heavy atom. The molecule has 84 heavy (non-hydrogen) atoms. The highest BCUT2D eigenvalue weighted by atomic mass is 16.3. The maximum absolute atomic E-state index is 7.67. The molecule has 3 heterocycles. The fourth-order valence-electron chi connectivity index (χ4n) is 14.3. The zero-order chi connectivity index (χ0) is 55.0. The first kappa shape index (κ1) is 46.6. The van der Waals surface area contributed by atoms with Crippen molar-refractivity contribution < 1.29 is 13.3 Å². The summed E-state index contributed by atoms with van der Waals surface area (Å²) in [4.78, 5) is 4.80. The molecular formula is C79H48N2O3. The second-order valence-electron chi connectivity index (χ2n) is 22.2. The molecule has 1 spiro atoms. The van der Waals surface area contributed by atoms with Crippen LogP contribution in [0.1, 0.15) is 22.3 Å². The van der Waals surface area contributed by atoms with Gasteiger partial charge in [0.05, 0.1) is 27.9 Å². The van der Waals surface area contributed by atoms with E-state index in [0.717, 1.165) is 133 Å². The second kappa shape index (κ2) is 17.9. The van der Waals surface area contributed by atoms with Gasteiger partial charge in [0.2, 0.25) is 0 Å². The quantitative estimate of drug-likeness (QED) is 0.152. The molecule has 16 aromatic rings. The minimum Gasteiger partial charge on any atom is -0.455 e. The number of para-hydroxylation sites is 4. The van der Waals surface area contributed by atoms with Gasteiger partial charge in [-0.05, 0) is 134 Å². The van der Waals surface area contributed by atoms with Crippen molar-refractivity contribution in [2.24, 2.45) is 0 Å². The Morgan fingerprint density at radius 2 is 0.679 bits per heavy atom. The average molecular weight is 1070 g/mol. The summed E-state index contributed by atoms with van der Waals surface area (Å²) < 4.78 is 21.7. The summed E-state index contributed by atoms with van der Waals surface area (Å²) in [5.41, 5.74) is 24.0. The van der Waals surface area contributed by atoms with Crippen LogP contribution < -0.4 is 9.80 Å². The fourth-order valence-corrected chi connectivity index (χ4v) is 14.3.